The van der Waals surface area contributed by atoms with E-state index in [0.717, 1.165) is 46.6 Å². The maximum absolute atomic E-state index is 13.0. The Labute approximate surface area is 152 Å². The van der Waals surface area contributed by atoms with Crippen molar-refractivity contribution in [2.24, 2.45) is 7.05 Å². The predicted molar refractivity (Wildman–Crippen MR) is 99.4 cm³/mol. The molecule has 1 aliphatic carbocycles. The third-order valence-electron chi connectivity index (χ3n) is 4.86. The van der Waals surface area contributed by atoms with Crippen LogP contribution in [0, 0.1) is 6.92 Å². The summed E-state index contributed by atoms with van der Waals surface area (Å²) in [5, 5.41) is 8.30. The zero-order valence-corrected chi connectivity index (χ0v) is 15.2. The number of ether oxygens (including phenoxy) is 1. The fourth-order valence-corrected chi connectivity index (χ4v) is 3.35. The highest BCUT2D eigenvalue weighted by molar-refractivity contribution is 6.06. The molecule has 0 radical (unpaired) electrons. The van der Waals surface area contributed by atoms with E-state index >= 15 is 0 Å². The molecule has 2 heterocycles. The van der Waals surface area contributed by atoms with Crippen molar-refractivity contribution in [1.82, 2.24) is 20.1 Å². The minimum absolute atomic E-state index is 0.110. The Balaban J connectivity index is 1.67. The molecule has 4 rings (SSSR count). The summed E-state index contributed by atoms with van der Waals surface area (Å²) in [6.45, 7) is 2.32. The Morgan fingerprint density at radius 1 is 1.35 bits per heavy atom. The number of nitrogens with one attached hydrogen (secondary N) is 1. The van der Waals surface area contributed by atoms with Gasteiger partial charge < -0.3 is 10.1 Å². The van der Waals surface area contributed by atoms with E-state index in [9.17, 15) is 4.79 Å². The highest BCUT2D eigenvalue weighted by atomic mass is 16.5. The van der Waals surface area contributed by atoms with Crippen molar-refractivity contribution in [2.75, 3.05) is 7.11 Å². The molecule has 1 aromatic carbocycles. The highest BCUT2D eigenvalue weighted by Crippen LogP contribution is 2.40. The number of amides is 1. The van der Waals surface area contributed by atoms with Crippen molar-refractivity contribution in [2.45, 2.75) is 32.2 Å². The second kappa shape index (κ2) is 6.44. The first kappa shape index (κ1) is 16.6. The summed E-state index contributed by atoms with van der Waals surface area (Å²) in [6, 6.07) is 9.63. The van der Waals surface area contributed by atoms with Crippen LogP contribution < -0.4 is 10.1 Å². The molecule has 0 saturated heterocycles. The molecule has 26 heavy (non-hydrogen) atoms. The van der Waals surface area contributed by atoms with Crippen molar-refractivity contribution in [3.05, 3.63) is 52.8 Å². The van der Waals surface area contributed by atoms with Gasteiger partial charge in [0.15, 0.2) is 5.65 Å². The SMILES string of the molecule is COc1ccccc1CNC(=O)c1cc(C2CC2)nc2c1c(C)nn2C. The number of aryl methyl sites for hydroxylation is 2. The number of carbonyl (C=O) groups excluding carboxylic acids is 1. The first-order valence-electron chi connectivity index (χ1n) is 8.83. The summed E-state index contributed by atoms with van der Waals surface area (Å²) in [5.74, 6) is 1.13. The molecular formula is C20H22N4O2. The Bertz CT molecular complexity index is 989. The predicted octanol–water partition coefficient (Wildman–Crippen LogP) is 3.09. The summed E-state index contributed by atoms with van der Waals surface area (Å²) in [5.41, 5.74) is 4.17. The van der Waals surface area contributed by atoms with E-state index in [2.05, 4.69) is 10.4 Å². The van der Waals surface area contributed by atoms with E-state index in [1.54, 1.807) is 11.8 Å². The average Bonchev–Trinajstić information content (AvgIpc) is 3.46. The first-order valence-corrected chi connectivity index (χ1v) is 8.83. The molecule has 1 saturated carbocycles. The van der Waals surface area contributed by atoms with E-state index in [0.29, 0.717) is 18.0 Å². The molecule has 6 heteroatoms. The van der Waals surface area contributed by atoms with Crippen LogP contribution in [0.1, 0.15) is 46.1 Å². The second-order valence-electron chi connectivity index (χ2n) is 6.77. The number of aromatic nitrogens is 3. The smallest absolute Gasteiger partial charge is 0.252 e. The van der Waals surface area contributed by atoms with Gasteiger partial charge in [0.1, 0.15) is 5.75 Å². The van der Waals surface area contributed by atoms with Gasteiger partial charge in [-0.25, -0.2) is 4.98 Å². The highest BCUT2D eigenvalue weighted by Gasteiger charge is 2.28. The molecule has 1 fully saturated rings. The lowest BCUT2D eigenvalue weighted by Gasteiger charge is -2.11. The molecular weight excluding hydrogens is 328 g/mol. The Kier molecular flexibility index (Phi) is 4.11. The Morgan fingerprint density at radius 2 is 2.12 bits per heavy atom. The number of methoxy groups -OCH3 is 1. The van der Waals surface area contributed by atoms with Gasteiger partial charge in [-0.1, -0.05) is 18.2 Å². The minimum Gasteiger partial charge on any atom is -0.496 e. The third kappa shape index (κ3) is 2.92. The lowest BCUT2D eigenvalue weighted by molar-refractivity contribution is 0.0952. The topological polar surface area (TPSA) is 69.0 Å². The largest absolute Gasteiger partial charge is 0.496 e. The van der Waals surface area contributed by atoms with E-state index in [-0.39, 0.29) is 5.91 Å². The van der Waals surface area contributed by atoms with Crippen LogP contribution in [0.2, 0.25) is 0 Å². The van der Waals surface area contributed by atoms with Crippen LogP contribution in [-0.4, -0.2) is 27.8 Å². The third-order valence-corrected chi connectivity index (χ3v) is 4.86. The summed E-state index contributed by atoms with van der Waals surface area (Å²) < 4.78 is 7.12. The Hall–Kier alpha value is -2.89. The summed E-state index contributed by atoms with van der Waals surface area (Å²) in [4.78, 5) is 17.7. The molecule has 3 aromatic rings. The van der Waals surface area contributed by atoms with Gasteiger partial charge in [0.05, 0.1) is 23.8 Å². The number of hydrogen-bond donors (Lipinski definition) is 1. The minimum atomic E-state index is -0.110. The molecule has 1 N–H and O–H groups in total. The first-order chi connectivity index (χ1) is 12.6. The van der Waals surface area contributed by atoms with Gasteiger partial charge in [-0.15, -0.1) is 0 Å². The molecule has 1 amide bonds. The normalized spacial score (nSPS) is 13.8. The standard InChI is InChI=1S/C20H22N4O2/c1-12-18-15(10-16(13-8-9-13)22-19(18)24(2)23-12)20(25)21-11-14-6-4-5-7-17(14)26-3/h4-7,10,13H,8-9,11H2,1-3H3,(H,21,25). The zero-order valence-electron chi connectivity index (χ0n) is 15.2. The van der Waals surface area contributed by atoms with Crippen LogP contribution in [-0.2, 0) is 13.6 Å². The summed E-state index contributed by atoms with van der Waals surface area (Å²) >= 11 is 0. The molecule has 2 aromatic heterocycles. The fraction of sp³-hybridized carbons (Fsp3) is 0.350. The van der Waals surface area contributed by atoms with Crippen LogP contribution in [0.4, 0.5) is 0 Å². The van der Waals surface area contributed by atoms with Crippen LogP contribution in [0.15, 0.2) is 30.3 Å². The lowest BCUT2D eigenvalue weighted by atomic mass is 10.1. The van der Waals surface area contributed by atoms with Crippen molar-refractivity contribution in [3.63, 3.8) is 0 Å². The van der Waals surface area contributed by atoms with Gasteiger partial charge in [-0.3, -0.25) is 9.48 Å². The number of hydrogen-bond acceptors (Lipinski definition) is 4. The van der Waals surface area contributed by atoms with E-state index in [1.165, 1.54) is 0 Å². The monoisotopic (exact) mass is 350 g/mol. The number of para-hydroxylation sites is 1. The van der Waals surface area contributed by atoms with Crippen molar-refractivity contribution in [1.29, 1.82) is 0 Å². The van der Waals surface area contributed by atoms with Gasteiger partial charge in [0, 0.05) is 30.8 Å². The molecule has 1 aliphatic rings. The van der Waals surface area contributed by atoms with Crippen LogP contribution >= 0.6 is 0 Å². The maximum Gasteiger partial charge on any atom is 0.252 e. The van der Waals surface area contributed by atoms with Crippen LogP contribution in [0.5, 0.6) is 5.75 Å². The average molecular weight is 350 g/mol. The van der Waals surface area contributed by atoms with Crippen LogP contribution in [0.25, 0.3) is 11.0 Å². The van der Waals surface area contributed by atoms with Gasteiger partial charge in [0.2, 0.25) is 0 Å². The number of nitrogens with zero attached hydrogens (tertiary/aromatic N) is 3. The van der Waals surface area contributed by atoms with Crippen LogP contribution in [0.3, 0.4) is 0 Å². The van der Waals surface area contributed by atoms with E-state index in [1.807, 2.05) is 44.3 Å². The molecule has 0 bridgehead atoms. The molecule has 0 unspecified atom stereocenters. The van der Waals surface area contributed by atoms with Gasteiger partial charge in [0.25, 0.3) is 5.91 Å². The van der Waals surface area contributed by atoms with Crippen molar-refractivity contribution >= 4 is 16.9 Å². The van der Waals surface area contributed by atoms with E-state index in [4.69, 9.17) is 9.72 Å². The number of benzene rings is 1. The number of rotatable bonds is 5. The quantitative estimate of drug-likeness (QED) is 0.768. The lowest BCUT2D eigenvalue weighted by Crippen LogP contribution is -2.23. The number of carbonyl (C=O) groups is 1. The maximum atomic E-state index is 13.0. The van der Waals surface area contributed by atoms with Crippen molar-refractivity contribution < 1.29 is 9.53 Å². The van der Waals surface area contributed by atoms with E-state index < -0.39 is 0 Å². The Morgan fingerprint density at radius 3 is 2.85 bits per heavy atom. The molecule has 0 aliphatic heterocycles. The molecule has 0 spiro atoms. The number of pyridine rings is 1. The number of fused-ring (bicyclic) bond motifs is 1. The van der Waals surface area contributed by atoms with Crippen molar-refractivity contribution in [3.8, 4) is 5.75 Å². The summed E-state index contributed by atoms with van der Waals surface area (Å²) in [7, 11) is 3.50. The molecule has 0 atom stereocenters. The summed E-state index contributed by atoms with van der Waals surface area (Å²) in [6.07, 6.45) is 2.27. The van der Waals surface area contributed by atoms with Gasteiger partial charge in [-0.05, 0) is 31.9 Å². The molecule has 134 valence electrons. The van der Waals surface area contributed by atoms with Gasteiger partial charge >= 0.3 is 0 Å². The molecule has 6 nitrogen and oxygen atoms in total. The fourth-order valence-electron chi connectivity index (χ4n) is 3.35. The zero-order chi connectivity index (χ0) is 18.3. The second-order valence-corrected chi connectivity index (χ2v) is 6.77. The van der Waals surface area contributed by atoms with Gasteiger partial charge in [-0.2, -0.15) is 5.10 Å².